The Balaban J connectivity index is 2.33. The van der Waals surface area contributed by atoms with Crippen LogP contribution in [0, 0.1) is 12.7 Å². The first-order valence-corrected chi connectivity index (χ1v) is 8.02. The highest BCUT2D eigenvalue weighted by molar-refractivity contribution is 9.11. The van der Waals surface area contributed by atoms with Crippen LogP contribution in [-0.4, -0.2) is 6.54 Å². The minimum Gasteiger partial charge on any atom is -0.306 e. The van der Waals surface area contributed by atoms with Crippen LogP contribution >= 0.6 is 27.3 Å². The van der Waals surface area contributed by atoms with Gasteiger partial charge in [-0.3, -0.25) is 0 Å². The van der Waals surface area contributed by atoms with E-state index in [2.05, 4.69) is 39.6 Å². The standard InChI is InChI=1S/C15H17BrFNS/c1-3-6-18-15(12-8-14(16)19-9-12)11-4-5-13(17)10(2)7-11/h4-5,7-9,15,18H,3,6H2,1-2H3. The molecule has 0 amide bonds. The molecule has 0 spiro atoms. The van der Waals surface area contributed by atoms with E-state index in [9.17, 15) is 4.39 Å². The lowest BCUT2D eigenvalue weighted by atomic mass is 9.99. The summed E-state index contributed by atoms with van der Waals surface area (Å²) in [6, 6.07) is 7.58. The molecule has 0 saturated heterocycles. The first-order valence-electron chi connectivity index (χ1n) is 6.35. The number of aryl methyl sites for hydroxylation is 1. The second kappa shape index (κ2) is 6.64. The fourth-order valence-electron chi connectivity index (χ4n) is 2.04. The quantitative estimate of drug-likeness (QED) is 0.802. The summed E-state index contributed by atoms with van der Waals surface area (Å²) in [5.41, 5.74) is 3.02. The van der Waals surface area contributed by atoms with Gasteiger partial charge in [-0.15, -0.1) is 11.3 Å². The summed E-state index contributed by atoms with van der Waals surface area (Å²) < 4.78 is 14.5. The molecule has 102 valence electrons. The first-order chi connectivity index (χ1) is 9.11. The van der Waals surface area contributed by atoms with Gasteiger partial charge in [0.2, 0.25) is 0 Å². The topological polar surface area (TPSA) is 12.0 Å². The summed E-state index contributed by atoms with van der Waals surface area (Å²) in [5.74, 6) is -0.149. The summed E-state index contributed by atoms with van der Waals surface area (Å²) in [5, 5.41) is 5.66. The third-order valence-electron chi connectivity index (χ3n) is 3.03. The Kier molecular flexibility index (Phi) is 5.13. The summed E-state index contributed by atoms with van der Waals surface area (Å²) in [7, 11) is 0. The normalized spacial score (nSPS) is 12.6. The van der Waals surface area contributed by atoms with E-state index in [1.807, 2.05) is 12.1 Å². The SMILES string of the molecule is CCCNC(c1csc(Br)c1)c1ccc(F)c(C)c1. The molecule has 0 radical (unpaired) electrons. The predicted molar refractivity (Wildman–Crippen MR) is 83.3 cm³/mol. The lowest BCUT2D eigenvalue weighted by Crippen LogP contribution is -2.22. The van der Waals surface area contributed by atoms with Gasteiger partial charge in [0.25, 0.3) is 0 Å². The van der Waals surface area contributed by atoms with Crippen molar-refractivity contribution in [1.29, 1.82) is 0 Å². The van der Waals surface area contributed by atoms with Gasteiger partial charge in [-0.2, -0.15) is 0 Å². The van der Waals surface area contributed by atoms with Crippen molar-refractivity contribution in [3.63, 3.8) is 0 Å². The second-order valence-electron chi connectivity index (χ2n) is 4.58. The highest BCUT2D eigenvalue weighted by Crippen LogP contribution is 2.30. The Morgan fingerprint density at radius 1 is 1.32 bits per heavy atom. The molecule has 4 heteroatoms. The fourth-order valence-corrected chi connectivity index (χ4v) is 3.24. The average Bonchev–Trinajstić information content (AvgIpc) is 2.80. The molecular formula is C15H17BrFNS. The van der Waals surface area contributed by atoms with Crippen LogP contribution < -0.4 is 5.32 Å². The van der Waals surface area contributed by atoms with Gasteiger partial charge in [0.05, 0.1) is 9.83 Å². The Bertz CT molecular complexity index is 553. The molecular weight excluding hydrogens is 325 g/mol. The molecule has 1 heterocycles. The fraction of sp³-hybridized carbons (Fsp3) is 0.333. The Morgan fingerprint density at radius 3 is 2.68 bits per heavy atom. The van der Waals surface area contributed by atoms with Crippen molar-refractivity contribution in [1.82, 2.24) is 5.32 Å². The molecule has 0 saturated carbocycles. The molecule has 0 aliphatic rings. The van der Waals surface area contributed by atoms with E-state index in [4.69, 9.17) is 0 Å². The Hall–Kier alpha value is -0.710. The van der Waals surface area contributed by atoms with Gasteiger partial charge >= 0.3 is 0 Å². The van der Waals surface area contributed by atoms with Gasteiger partial charge in [-0.25, -0.2) is 4.39 Å². The van der Waals surface area contributed by atoms with Crippen molar-refractivity contribution in [2.75, 3.05) is 6.54 Å². The van der Waals surface area contributed by atoms with Gasteiger partial charge in [0.1, 0.15) is 5.82 Å². The van der Waals surface area contributed by atoms with Crippen molar-refractivity contribution >= 4 is 27.3 Å². The Labute approximate surface area is 126 Å². The summed E-state index contributed by atoms with van der Waals surface area (Å²) >= 11 is 5.17. The lowest BCUT2D eigenvalue weighted by molar-refractivity contribution is 0.591. The molecule has 19 heavy (non-hydrogen) atoms. The molecule has 2 aromatic rings. The van der Waals surface area contributed by atoms with E-state index < -0.39 is 0 Å². The van der Waals surface area contributed by atoms with Gasteiger partial charge < -0.3 is 5.32 Å². The monoisotopic (exact) mass is 341 g/mol. The van der Waals surface area contributed by atoms with Crippen LogP contribution in [0.5, 0.6) is 0 Å². The number of rotatable bonds is 5. The first kappa shape index (κ1) is 14.7. The zero-order valence-corrected chi connectivity index (χ0v) is 13.4. The lowest BCUT2D eigenvalue weighted by Gasteiger charge is -2.18. The highest BCUT2D eigenvalue weighted by atomic mass is 79.9. The number of nitrogens with one attached hydrogen (secondary N) is 1. The Morgan fingerprint density at radius 2 is 2.11 bits per heavy atom. The van der Waals surface area contributed by atoms with E-state index in [-0.39, 0.29) is 11.9 Å². The predicted octanol–water partition coefficient (Wildman–Crippen LogP) is 5.05. The molecule has 2 rings (SSSR count). The van der Waals surface area contributed by atoms with E-state index >= 15 is 0 Å². The molecule has 1 atom stereocenters. The van der Waals surface area contributed by atoms with Crippen molar-refractivity contribution in [2.45, 2.75) is 26.3 Å². The van der Waals surface area contributed by atoms with Crippen molar-refractivity contribution < 1.29 is 4.39 Å². The maximum absolute atomic E-state index is 13.4. The molecule has 1 aromatic carbocycles. The smallest absolute Gasteiger partial charge is 0.126 e. The number of hydrogen-bond donors (Lipinski definition) is 1. The minimum atomic E-state index is -0.149. The highest BCUT2D eigenvalue weighted by Gasteiger charge is 2.15. The largest absolute Gasteiger partial charge is 0.306 e. The average molecular weight is 342 g/mol. The molecule has 0 aliphatic carbocycles. The zero-order chi connectivity index (χ0) is 13.8. The number of hydrogen-bond acceptors (Lipinski definition) is 2. The molecule has 1 N–H and O–H groups in total. The molecule has 1 unspecified atom stereocenters. The molecule has 0 bridgehead atoms. The van der Waals surface area contributed by atoms with E-state index in [0.29, 0.717) is 5.56 Å². The van der Waals surface area contributed by atoms with Gasteiger partial charge in [0, 0.05) is 0 Å². The van der Waals surface area contributed by atoms with E-state index in [0.717, 1.165) is 22.3 Å². The van der Waals surface area contributed by atoms with Gasteiger partial charge in [-0.05, 0) is 70.0 Å². The maximum atomic E-state index is 13.4. The maximum Gasteiger partial charge on any atom is 0.126 e. The van der Waals surface area contributed by atoms with Crippen molar-refractivity contribution in [2.24, 2.45) is 0 Å². The van der Waals surface area contributed by atoms with E-state index in [1.165, 1.54) is 5.56 Å². The molecule has 1 nitrogen and oxygen atoms in total. The van der Waals surface area contributed by atoms with Crippen LogP contribution in [0.4, 0.5) is 4.39 Å². The molecule has 1 aromatic heterocycles. The summed E-state index contributed by atoms with van der Waals surface area (Å²) in [6.45, 7) is 4.89. The van der Waals surface area contributed by atoms with Crippen LogP contribution in [0.15, 0.2) is 33.4 Å². The van der Waals surface area contributed by atoms with Gasteiger partial charge in [-0.1, -0.05) is 19.1 Å². The van der Waals surface area contributed by atoms with Crippen LogP contribution in [0.25, 0.3) is 0 Å². The number of halogens is 2. The third-order valence-corrected chi connectivity index (χ3v) is 4.56. The van der Waals surface area contributed by atoms with Gasteiger partial charge in [0.15, 0.2) is 0 Å². The molecule has 0 aliphatic heterocycles. The summed E-state index contributed by atoms with van der Waals surface area (Å²) in [4.78, 5) is 0. The van der Waals surface area contributed by atoms with Crippen LogP contribution in [0.2, 0.25) is 0 Å². The number of thiophene rings is 1. The second-order valence-corrected chi connectivity index (χ2v) is 6.87. The van der Waals surface area contributed by atoms with Crippen LogP contribution in [0.1, 0.15) is 36.1 Å². The number of benzene rings is 1. The van der Waals surface area contributed by atoms with Crippen LogP contribution in [-0.2, 0) is 0 Å². The van der Waals surface area contributed by atoms with E-state index in [1.54, 1.807) is 24.3 Å². The van der Waals surface area contributed by atoms with Crippen molar-refractivity contribution in [3.05, 3.63) is 55.9 Å². The minimum absolute atomic E-state index is 0.127. The third kappa shape index (κ3) is 3.65. The zero-order valence-electron chi connectivity index (χ0n) is 11.0. The van der Waals surface area contributed by atoms with Crippen molar-refractivity contribution in [3.8, 4) is 0 Å². The summed E-state index contributed by atoms with van der Waals surface area (Å²) in [6.07, 6.45) is 1.07. The molecule has 0 fully saturated rings. The van der Waals surface area contributed by atoms with Crippen LogP contribution in [0.3, 0.4) is 0 Å².